The molecule has 0 spiro atoms. The first-order valence-corrected chi connectivity index (χ1v) is 9.34. The van der Waals surface area contributed by atoms with Crippen molar-refractivity contribution >= 4 is 11.6 Å². The maximum absolute atomic E-state index is 5.93. The second-order valence-electron chi connectivity index (χ2n) is 6.44. The van der Waals surface area contributed by atoms with Gasteiger partial charge in [-0.3, -0.25) is 0 Å². The molecule has 0 aromatic heterocycles. The van der Waals surface area contributed by atoms with Crippen molar-refractivity contribution < 1.29 is 9.47 Å². The third-order valence-electron chi connectivity index (χ3n) is 4.38. The van der Waals surface area contributed by atoms with Crippen molar-refractivity contribution in [2.24, 2.45) is 5.92 Å². The molecule has 0 bridgehead atoms. The number of rotatable bonds is 5. The van der Waals surface area contributed by atoms with Crippen molar-refractivity contribution in [3.05, 3.63) is 71.8 Å². The predicted molar refractivity (Wildman–Crippen MR) is 107 cm³/mol. The Morgan fingerprint density at radius 2 is 1.62 bits per heavy atom. The number of hydrogen-bond donors (Lipinski definition) is 0. The highest BCUT2D eigenvalue weighted by Crippen LogP contribution is 2.22. The Labute approximate surface area is 160 Å². The Kier molecular flexibility index (Phi) is 6.91. The zero-order valence-electron chi connectivity index (χ0n) is 14.8. The molecule has 1 fully saturated rings. The topological polar surface area (TPSA) is 18.5 Å². The molecule has 0 atom stereocenters. The van der Waals surface area contributed by atoms with Gasteiger partial charge in [0.1, 0.15) is 0 Å². The first-order chi connectivity index (χ1) is 12.7. The minimum absolute atomic E-state index is 0.429. The average Bonchev–Trinajstić information content (AvgIpc) is 2.69. The van der Waals surface area contributed by atoms with E-state index in [0.717, 1.165) is 41.0 Å². The lowest BCUT2D eigenvalue weighted by molar-refractivity contribution is -0.170. The standard InChI is InChI=1S/C23H23ClO2/c1-2-3-4-5-19-16-25-23(26-17-19)15-8-18-6-9-20(10-7-18)21-11-13-22(24)14-12-21/h2,6-7,9-14,19,23H,1,3-5,16-17H2/t19-,23-. The Balaban J connectivity index is 1.52. The van der Waals surface area contributed by atoms with Gasteiger partial charge in [-0.25, -0.2) is 0 Å². The first kappa shape index (κ1) is 18.7. The maximum atomic E-state index is 5.93. The quantitative estimate of drug-likeness (QED) is 0.383. The molecule has 3 heteroatoms. The van der Waals surface area contributed by atoms with Crippen molar-refractivity contribution in [3.63, 3.8) is 0 Å². The van der Waals surface area contributed by atoms with Crippen molar-refractivity contribution in [1.82, 2.24) is 0 Å². The number of unbranched alkanes of at least 4 members (excludes halogenated alkanes) is 1. The van der Waals surface area contributed by atoms with E-state index >= 15 is 0 Å². The molecule has 0 N–H and O–H groups in total. The molecule has 2 aromatic rings. The van der Waals surface area contributed by atoms with E-state index in [1.54, 1.807) is 0 Å². The molecule has 1 aliphatic rings. The molecule has 1 saturated heterocycles. The molecule has 1 aliphatic heterocycles. The number of halogens is 1. The van der Waals surface area contributed by atoms with Crippen LogP contribution in [0.3, 0.4) is 0 Å². The van der Waals surface area contributed by atoms with Gasteiger partial charge >= 0.3 is 0 Å². The number of ether oxygens (including phenoxy) is 2. The summed E-state index contributed by atoms with van der Waals surface area (Å²) in [6.07, 6.45) is 4.82. The van der Waals surface area contributed by atoms with Gasteiger partial charge in [-0.1, -0.05) is 47.9 Å². The van der Waals surface area contributed by atoms with Crippen LogP contribution in [0.25, 0.3) is 11.1 Å². The van der Waals surface area contributed by atoms with Crippen LogP contribution in [0, 0.1) is 17.8 Å². The van der Waals surface area contributed by atoms with Gasteiger partial charge in [0.15, 0.2) is 0 Å². The summed E-state index contributed by atoms with van der Waals surface area (Å²) in [4.78, 5) is 0. The van der Waals surface area contributed by atoms with E-state index in [-0.39, 0.29) is 0 Å². The van der Waals surface area contributed by atoms with E-state index in [1.807, 2.05) is 42.5 Å². The summed E-state index contributed by atoms with van der Waals surface area (Å²) < 4.78 is 11.4. The van der Waals surface area contributed by atoms with Crippen LogP contribution in [0.1, 0.15) is 24.8 Å². The summed E-state index contributed by atoms with van der Waals surface area (Å²) in [7, 11) is 0. The van der Waals surface area contributed by atoms with Crippen LogP contribution < -0.4 is 0 Å². The van der Waals surface area contributed by atoms with E-state index in [9.17, 15) is 0 Å². The van der Waals surface area contributed by atoms with Gasteiger partial charge in [-0.05, 0) is 60.6 Å². The SMILES string of the molecule is C=CCCC[C@H]1CO[C@H](C#Cc2ccc(-c3ccc(Cl)cc3)cc2)OC1. The normalized spacial score (nSPS) is 19.4. The minimum Gasteiger partial charge on any atom is -0.342 e. The molecular weight excluding hydrogens is 344 g/mol. The van der Waals surface area contributed by atoms with E-state index in [0.29, 0.717) is 19.1 Å². The van der Waals surface area contributed by atoms with Crippen LogP contribution in [0.4, 0.5) is 0 Å². The van der Waals surface area contributed by atoms with Gasteiger partial charge < -0.3 is 9.47 Å². The van der Waals surface area contributed by atoms with E-state index in [4.69, 9.17) is 21.1 Å². The summed E-state index contributed by atoms with van der Waals surface area (Å²) in [5.41, 5.74) is 3.22. The molecular formula is C23H23ClO2. The van der Waals surface area contributed by atoms with Crippen molar-refractivity contribution in [3.8, 4) is 23.0 Å². The van der Waals surface area contributed by atoms with Crippen molar-refractivity contribution in [1.29, 1.82) is 0 Å². The van der Waals surface area contributed by atoms with Gasteiger partial charge in [-0.2, -0.15) is 0 Å². The Hall–Kier alpha value is -2.05. The number of allylic oxidation sites excluding steroid dienone is 1. The second kappa shape index (κ2) is 9.59. The maximum Gasteiger partial charge on any atom is 0.222 e. The summed E-state index contributed by atoms with van der Waals surface area (Å²) in [5, 5.41) is 0.742. The summed E-state index contributed by atoms with van der Waals surface area (Å²) in [6, 6.07) is 16.0. The predicted octanol–water partition coefficient (Wildman–Crippen LogP) is 5.70. The molecule has 0 saturated carbocycles. The monoisotopic (exact) mass is 366 g/mol. The zero-order chi connectivity index (χ0) is 18.2. The number of benzene rings is 2. The van der Waals surface area contributed by atoms with Gasteiger partial charge in [-0.15, -0.1) is 6.58 Å². The average molecular weight is 367 g/mol. The van der Waals surface area contributed by atoms with Gasteiger partial charge in [0.05, 0.1) is 13.2 Å². The number of hydrogen-bond acceptors (Lipinski definition) is 2. The highest BCUT2D eigenvalue weighted by atomic mass is 35.5. The third kappa shape index (κ3) is 5.47. The Bertz CT molecular complexity index is 761. The molecule has 3 rings (SSSR count). The van der Waals surface area contributed by atoms with Gasteiger partial charge in [0.2, 0.25) is 6.29 Å². The smallest absolute Gasteiger partial charge is 0.222 e. The Morgan fingerprint density at radius 3 is 2.23 bits per heavy atom. The fourth-order valence-electron chi connectivity index (χ4n) is 2.87. The molecule has 0 aliphatic carbocycles. The Morgan fingerprint density at radius 1 is 1.00 bits per heavy atom. The van der Waals surface area contributed by atoms with Crippen LogP contribution in [-0.2, 0) is 9.47 Å². The molecule has 0 amide bonds. The van der Waals surface area contributed by atoms with Crippen LogP contribution in [-0.4, -0.2) is 19.5 Å². The second-order valence-corrected chi connectivity index (χ2v) is 6.87. The van der Waals surface area contributed by atoms with E-state index < -0.39 is 6.29 Å². The van der Waals surface area contributed by atoms with Crippen LogP contribution in [0.5, 0.6) is 0 Å². The third-order valence-corrected chi connectivity index (χ3v) is 4.64. The van der Waals surface area contributed by atoms with Crippen LogP contribution in [0.2, 0.25) is 5.02 Å². The lowest BCUT2D eigenvalue weighted by Gasteiger charge is -2.26. The lowest BCUT2D eigenvalue weighted by Crippen LogP contribution is -2.31. The summed E-state index contributed by atoms with van der Waals surface area (Å²) in [6.45, 7) is 5.18. The summed E-state index contributed by atoms with van der Waals surface area (Å²) >= 11 is 5.93. The molecule has 1 heterocycles. The highest BCUT2D eigenvalue weighted by Gasteiger charge is 2.20. The zero-order valence-corrected chi connectivity index (χ0v) is 15.5. The highest BCUT2D eigenvalue weighted by molar-refractivity contribution is 6.30. The van der Waals surface area contributed by atoms with E-state index in [2.05, 4.69) is 30.6 Å². The fraction of sp³-hybridized carbons (Fsp3) is 0.304. The lowest BCUT2D eigenvalue weighted by atomic mass is 10.0. The van der Waals surface area contributed by atoms with Crippen LogP contribution >= 0.6 is 11.6 Å². The fourth-order valence-corrected chi connectivity index (χ4v) is 3.00. The van der Waals surface area contributed by atoms with Gasteiger partial charge in [0, 0.05) is 16.5 Å². The largest absolute Gasteiger partial charge is 0.342 e. The molecule has 26 heavy (non-hydrogen) atoms. The van der Waals surface area contributed by atoms with Crippen molar-refractivity contribution in [2.45, 2.75) is 25.6 Å². The molecule has 0 unspecified atom stereocenters. The van der Waals surface area contributed by atoms with Crippen LogP contribution in [0.15, 0.2) is 61.2 Å². The first-order valence-electron chi connectivity index (χ1n) is 8.96. The molecule has 2 nitrogen and oxygen atoms in total. The molecule has 0 radical (unpaired) electrons. The van der Waals surface area contributed by atoms with E-state index in [1.165, 1.54) is 0 Å². The minimum atomic E-state index is -0.429. The summed E-state index contributed by atoms with van der Waals surface area (Å²) in [5.74, 6) is 6.66. The molecule has 2 aromatic carbocycles. The molecule has 134 valence electrons. The van der Waals surface area contributed by atoms with Crippen molar-refractivity contribution in [2.75, 3.05) is 13.2 Å². The van der Waals surface area contributed by atoms with Gasteiger partial charge in [0.25, 0.3) is 0 Å².